The van der Waals surface area contributed by atoms with Gasteiger partial charge in [0.1, 0.15) is 0 Å². The zero-order chi connectivity index (χ0) is 15.6. The molecule has 4 heteroatoms. The third-order valence-electron chi connectivity index (χ3n) is 3.55. The second kappa shape index (κ2) is 5.90. The molecule has 0 saturated carbocycles. The summed E-state index contributed by atoms with van der Waals surface area (Å²) in [5.41, 5.74) is 3.37. The Labute approximate surface area is 127 Å². The van der Waals surface area contributed by atoms with Crippen LogP contribution in [0.5, 0.6) is 0 Å². The lowest BCUT2D eigenvalue weighted by Gasteiger charge is -2.18. The first-order valence-electron chi connectivity index (χ1n) is 7.01. The van der Waals surface area contributed by atoms with Crippen LogP contribution in [-0.2, 0) is 10.0 Å². The smallest absolute Gasteiger partial charge is 0.262 e. The molecule has 0 amide bonds. The summed E-state index contributed by atoms with van der Waals surface area (Å²) in [7, 11) is -3.57. The minimum absolute atomic E-state index is 0.250. The number of hydrogen-bond donors (Lipinski definition) is 1. The lowest BCUT2D eigenvalue weighted by Crippen LogP contribution is -2.16. The third-order valence-corrected chi connectivity index (χ3v) is 5.06. The Morgan fingerprint density at radius 3 is 2.14 bits per heavy atom. The van der Waals surface area contributed by atoms with Crippen molar-refractivity contribution in [2.24, 2.45) is 0 Å². The summed E-state index contributed by atoms with van der Waals surface area (Å²) in [5, 5.41) is 0. The maximum atomic E-state index is 12.6. The molecular weight excluding hydrogens is 282 g/mol. The fraction of sp³-hybridized carbons (Fsp3) is 0.294. The first-order chi connectivity index (χ1) is 9.83. The first kappa shape index (κ1) is 15.6. The van der Waals surface area contributed by atoms with Crippen molar-refractivity contribution in [3.8, 4) is 0 Å². The number of benzene rings is 2. The largest absolute Gasteiger partial charge is 0.279 e. The molecule has 1 N–H and O–H groups in total. The van der Waals surface area contributed by atoms with Crippen LogP contribution in [0.1, 0.15) is 36.5 Å². The molecule has 0 saturated heterocycles. The second-order valence-electron chi connectivity index (χ2n) is 5.56. The van der Waals surface area contributed by atoms with Crippen LogP contribution in [0.2, 0.25) is 0 Å². The molecular formula is C17H21NO2S. The Bertz CT molecular complexity index is 749. The molecule has 0 aromatic heterocycles. The molecule has 0 unspecified atom stereocenters. The average Bonchev–Trinajstić information content (AvgIpc) is 2.41. The predicted molar refractivity (Wildman–Crippen MR) is 87.3 cm³/mol. The fourth-order valence-corrected chi connectivity index (χ4v) is 3.77. The molecule has 0 spiro atoms. The molecule has 3 nitrogen and oxygen atoms in total. The van der Waals surface area contributed by atoms with E-state index in [1.165, 1.54) is 0 Å². The van der Waals surface area contributed by atoms with E-state index in [2.05, 4.69) is 18.6 Å². The van der Waals surface area contributed by atoms with Gasteiger partial charge in [-0.05, 0) is 42.5 Å². The summed E-state index contributed by atoms with van der Waals surface area (Å²) in [6.45, 7) is 7.83. The van der Waals surface area contributed by atoms with Crippen LogP contribution >= 0.6 is 0 Å². The van der Waals surface area contributed by atoms with Gasteiger partial charge in [-0.15, -0.1) is 0 Å². The predicted octanol–water partition coefficient (Wildman–Crippen LogP) is 4.23. The summed E-state index contributed by atoms with van der Waals surface area (Å²) in [5.74, 6) is 0.250. The molecule has 21 heavy (non-hydrogen) atoms. The van der Waals surface area contributed by atoms with Gasteiger partial charge in [-0.3, -0.25) is 4.72 Å². The molecule has 0 aliphatic rings. The van der Waals surface area contributed by atoms with Gasteiger partial charge in [0.15, 0.2) is 0 Å². The molecule has 0 aliphatic carbocycles. The van der Waals surface area contributed by atoms with Gasteiger partial charge in [-0.1, -0.05) is 50.2 Å². The Morgan fingerprint density at radius 1 is 0.905 bits per heavy atom. The molecule has 112 valence electrons. The highest BCUT2D eigenvalue weighted by Gasteiger charge is 2.19. The van der Waals surface area contributed by atoms with Crippen molar-refractivity contribution in [2.45, 2.75) is 38.5 Å². The zero-order valence-electron chi connectivity index (χ0n) is 12.8. The number of rotatable bonds is 4. The molecule has 0 radical (unpaired) electrons. The number of sulfonamides is 1. The maximum Gasteiger partial charge on any atom is 0.262 e. The van der Waals surface area contributed by atoms with Gasteiger partial charge in [0.05, 0.1) is 10.6 Å². The van der Waals surface area contributed by atoms with Crippen LogP contribution in [0.4, 0.5) is 5.69 Å². The fourth-order valence-electron chi connectivity index (χ4n) is 2.36. The van der Waals surface area contributed by atoms with Crippen molar-refractivity contribution in [1.82, 2.24) is 0 Å². The van der Waals surface area contributed by atoms with Crippen molar-refractivity contribution in [3.05, 3.63) is 59.2 Å². The van der Waals surface area contributed by atoms with Gasteiger partial charge in [0.25, 0.3) is 10.0 Å². The highest BCUT2D eigenvalue weighted by Crippen LogP contribution is 2.30. The van der Waals surface area contributed by atoms with E-state index < -0.39 is 10.0 Å². The van der Waals surface area contributed by atoms with Gasteiger partial charge in [0, 0.05) is 0 Å². The van der Waals surface area contributed by atoms with Crippen molar-refractivity contribution in [1.29, 1.82) is 0 Å². The van der Waals surface area contributed by atoms with Gasteiger partial charge < -0.3 is 0 Å². The van der Waals surface area contributed by atoms with Crippen LogP contribution in [0.15, 0.2) is 47.4 Å². The number of aryl methyl sites for hydroxylation is 2. The van der Waals surface area contributed by atoms with Gasteiger partial charge in [-0.2, -0.15) is 0 Å². The maximum absolute atomic E-state index is 12.6. The molecule has 0 atom stereocenters. The Hall–Kier alpha value is -1.81. The number of para-hydroxylation sites is 1. The highest BCUT2D eigenvalue weighted by atomic mass is 32.2. The normalized spacial score (nSPS) is 11.7. The summed E-state index contributed by atoms with van der Waals surface area (Å²) in [6.07, 6.45) is 0. The number of nitrogens with one attached hydrogen (secondary N) is 1. The zero-order valence-corrected chi connectivity index (χ0v) is 13.7. The molecule has 2 aromatic carbocycles. The summed E-state index contributed by atoms with van der Waals surface area (Å²) in [4.78, 5) is 0.322. The van der Waals surface area contributed by atoms with E-state index in [0.29, 0.717) is 10.6 Å². The Balaban J connectivity index is 2.50. The minimum atomic E-state index is -3.57. The molecule has 0 fully saturated rings. The van der Waals surface area contributed by atoms with Crippen molar-refractivity contribution in [2.75, 3.05) is 4.72 Å². The van der Waals surface area contributed by atoms with Gasteiger partial charge in [-0.25, -0.2) is 8.42 Å². The summed E-state index contributed by atoms with van der Waals surface area (Å²) in [6, 6.07) is 12.8. The average molecular weight is 303 g/mol. The summed E-state index contributed by atoms with van der Waals surface area (Å²) >= 11 is 0. The van der Waals surface area contributed by atoms with E-state index in [4.69, 9.17) is 0 Å². The van der Waals surface area contributed by atoms with Crippen LogP contribution in [-0.4, -0.2) is 8.42 Å². The van der Waals surface area contributed by atoms with Crippen LogP contribution in [0, 0.1) is 13.8 Å². The van der Waals surface area contributed by atoms with E-state index in [-0.39, 0.29) is 5.92 Å². The van der Waals surface area contributed by atoms with E-state index in [1.807, 2.05) is 31.2 Å². The van der Waals surface area contributed by atoms with Gasteiger partial charge in [0.2, 0.25) is 0 Å². The van der Waals surface area contributed by atoms with Crippen molar-refractivity contribution >= 4 is 15.7 Å². The topological polar surface area (TPSA) is 46.2 Å². The third kappa shape index (κ3) is 3.27. The van der Waals surface area contributed by atoms with Crippen molar-refractivity contribution < 1.29 is 8.42 Å². The Kier molecular flexibility index (Phi) is 4.37. The monoisotopic (exact) mass is 303 g/mol. The second-order valence-corrected chi connectivity index (χ2v) is 7.22. The van der Waals surface area contributed by atoms with E-state index >= 15 is 0 Å². The van der Waals surface area contributed by atoms with E-state index in [9.17, 15) is 8.42 Å². The SMILES string of the molecule is Cc1ccccc1S(=O)(=O)Nc1c(C)cccc1C(C)C. The molecule has 0 heterocycles. The molecule has 0 aliphatic heterocycles. The number of anilines is 1. The molecule has 0 bridgehead atoms. The van der Waals surface area contributed by atoms with Gasteiger partial charge >= 0.3 is 0 Å². The quantitative estimate of drug-likeness (QED) is 0.919. The lowest BCUT2D eigenvalue weighted by molar-refractivity contribution is 0.600. The Morgan fingerprint density at radius 2 is 1.52 bits per heavy atom. The minimum Gasteiger partial charge on any atom is -0.279 e. The number of hydrogen-bond acceptors (Lipinski definition) is 2. The molecule has 2 aromatic rings. The van der Waals surface area contributed by atoms with Crippen LogP contribution < -0.4 is 4.72 Å². The van der Waals surface area contributed by atoms with Crippen molar-refractivity contribution in [3.63, 3.8) is 0 Å². The standard InChI is InChI=1S/C17H21NO2S/c1-12(2)15-10-7-9-14(4)17(15)18-21(19,20)16-11-6-5-8-13(16)3/h5-12,18H,1-4H3. The first-order valence-corrected chi connectivity index (χ1v) is 8.49. The van der Waals surface area contributed by atoms with E-state index in [1.54, 1.807) is 25.1 Å². The lowest BCUT2D eigenvalue weighted by atomic mass is 9.99. The van der Waals surface area contributed by atoms with E-state index in [0.717, 1.165) is 16.7 Å². The highest BCUT2D eigenvalue weighted by molar-refractivity contribution is 7.92. The van der Waals surface area contributed by atoms with Crippen LogP contribution in [0.3, 0.4) is 0 Å². The molecule has 2 rings (SSSR count). The van der Waals surface area contributed by atoms with Crippen LogP contribution in [0.25, 0.3) is 0 Å². The summed E-state index contributed by atoms with van der Waals surface area (Å²) < 4.78 is 28.0.